The van der Waals surface area contributed by atoms with Gasteiger partial charge < -0.3 is 11.1 Å². The first-order valence-electron chi connectivity index (χ1n) is 6.49. The number of rotatable bonds is 6. The van der Waals surface area contributed by atoms with E-state index in [1.807, 2.05) is 25.8 Å². The summed E-state index contributed by atoms with van der Waals surface area (Å²) in [6, 6.07) is -0.704. The summed E-state index contributed by atoms with van der Waals surface area (Å²) in [4.78, 5) is 32.0. The molecule has 2 amide bonds. The Bertz CT molecular complexity index is 410. The van der Waals surface area contributed by atoms with E-state index in [1.54, 1.807) is 18.6 Å². The van der Waals surface area contributed by atoms with Gasteiger partial charge in [0, 0.05) is 38.6 Å². The van der Waals surface area contributed by atoms with E-state index in [0.717, 1.165) is 5.69 Å². The quantitative estimate of drug-likeness (QED) is 0.759. The molecular weight excluding hydrogens is 258 g/mol. The lowest BCUT2D eigenvalue weighted by Gasteiger charge is -2.21. The third kappa shape index (κ3) is 7.42. The lowest BCUT2D eigenvalue weighted by molar-refractivity contribution is -0.126. The molecule has 0 saturated carbocycles. The van der Waals surface area contributed by atoms with Crippen molar-refractivity contribution in [2.24, 2.45) is 5.73 Å². The normalized spacial score (nSPS) is 11.2. The topological polar surface area (TPSA) is 101 Å². The lowest BCUT2D eigenvalue weighted by Crippen LogP contribution is -2.49. The number of carbonyl (C=O) groups excluding carboxylic acids is 2. The van der Waals surface area contributed by atoms with Gasteiger partial charge in [0.2, 0.25) is 11.8 Å². The Kier molecular flexibility index (Phi) is 8.86. The van der Waals surface area contributed by atoms with Crippen molar-refractivity contribution in [3.8, 4) is 0 Å². The zero-order valence-corrected chi connectivity index (χ0v) is 12.5. The maximum absolute atomic E-state index is 11.2. The van der Waals surface area contributed by atoms with Gasteiger partial charge in [0.25, 0.3) is 0 Å². The first-order valence-corrected chi connectivity index (χ1v) is 6.49. The standard InChI is InChI=1S/C11H17N5O2.C2H6/c1-8(17)15-10(11(12)18)7-16(2)6-9-5-13-3-4-14-9;1-2/h3-5,10H,6-7H2,1-2H3,(H2,12,18)(H,15,17);1-2H3. The zero-order chi connectivity index (χ0) is 15.5. The average molecular weight is 281 g/mol. The minimum absolute atomic E-state index is 0.285. The van der Waals surface area contributed by atoms with Gasteiger partial charge in [0.1, 0.15) is 6.04 Å². The minimum Gasteiger partial charge on any atom is -0.368 e. The monoisotopic (exact) mass is 281 g/mol. The van der Waals surface area contributed by atoms with Crippen molar-refractivity contribution in [1.29, 1.82) is 0 Å². The van der Waals surface area contributed by atoms with Crippen LogP contribution in [0.25, 0.3) is 0 Å². The summed E-state index contributed by atoms with van der Waals surface area (Å²) < 4.78 is 0. The molecule has 0 fully saturated rings. The van der Waals surface area contributed by atoms with Crippen LogP contribution in [0.15, 0.2) is 18.6 Å². The Balaban J connectivity index is 0.00000172. The Morgan fingerprint density at radius 3 is 2.50 bits per heavy atom. The number of hydrogen-bond donors (Lipinski definition) is 2. The molecule has 0 aromatic carbocycles. The van der Waals surface area contributed by atoms with E-state index < -0.39 is 11.9 Å². The second-order valence-corrected chi connectivity index (χ2v) is 4.05. The third-order valence-corrected chi connectivity index (χ3v) is 2.26. The molecule has 7 heteroatoms. The second kappa shape index (κ2) is 9.85. The van der Waals surface area contributed by atoms with Crippen molar-refractivity contribution >= 4 is 11.8 Å². The molecule has 0 spiro atoms. The molecule has 1 heterocycles. The summed E-state index contributed by atoms with van der Waals surface area (Å²) in [6.07, 6.45) is 4.84. The van der Waals surface area contributed by atoms with E-state index in [0.29, 0.717) is 13.1 Å². The molecule has 1 aromatic heterocycles. The van der Waals surface area contributed by atoms with E-state index in [-0.39, 0.29) is 5.91 Å². The van der Waals surface area contributed by atoms with Crippen LogP contribution in [0.1, 0.15) is 26.5 Å². The number of carbonyl (C=O) groups is 2. The molecule has 3 N–H and O–H groups in total. The fourth-order valence-electron chi connectivity index (χ4n) is 1.52. The van der Waals surface area contributed by atoms with Crippen LogP contribution in [0.4, 0.5) is 0 Å². The fourth-order valence-corrected chi connectivity index (χ4v) is 1.52. The molecule has 112 valence electrons. The average Bonchev–Trinajstić information content (AvgIpc) is 2.40. The van der Waals surface area contributed by atoms with E-state index in [9.17, 15) is 9.59 Å². The molecule has 0 aliphatic carbocycles. The van der Waals surface area contributed by atoms with Crippen LogP contribution in [-0.4, -0.2) is 46.3 Å². The number of likely N-dealkylation sites (N-methyl/N-ethyl adjacent to an activating group) is 1. The third-order valence-electron chi connectivity index (χ3n) is 2.26. The second-order valence-electron chi connectivity index (χ2n) is 4.05. The largest absolute Gasteiger partial charge is 0.368 e. The smallest absolute Gasteiger partial charge is 0.241 e. The van der Waals surface area contributed by atoms with Gasteiger partial charge in [-0.3, -0.25) is 24.5 Å². The number of hydrogen-bond acceptors (Lipinski definition) is 5. The van der Waals surface area contributed by atoms with E-state index in [2.05, 4.69) is 15.3 Å². The summed E-state index contributed by atoms with van der Waals surface area (Å²) >= 11 is 0. The minimum atomic E-state index is -0.704. The SMILES string of the molecule is CC.CC(=O)NC(CN(C)Cc1cnccn1)C(N)=O. The number of nitrogens with zero attached hydrogens (tertiary/aromatic N) is 3. The number of amides is 2. The molecule has 7 nitrogen and oxygen atoms in total. The fraction of sp³-hybridized carbons (Fsp3) is 0.538. The molecule has 1 aromatic rings. The molecule has 20 heavy (non-hydrogen) atoms. The number of primary amides is 1. The highest BCUT2D eigenvalue weighted by molar-refractivity contribution is 5.85. The molecule has 0 radical (unpaired) electrons. The molecule has 1 rings (SSSR count). The zero-order valence-electron chi connectivity index (χ0n) is 12.5. The first-order chi connectivity index (χ1) is 9.49. The van der Waals surface area contributed by atoms with Gasteiger partial charge >= 0.3 is 0 Å². The van der Waals surface area contributed by atoms with Crippen LogP contribution in [-0.2, 0) is 16.1 Å². The van der Waals surface area contributed by atoms with Crippen LogP contribution in [0.2, 0.25) is 0 Å². The molecule has 0 aliphatic rings. The van der Waals surface area contributed by atoms with Crippen LogP contribution < -0.4 is 11.1 Å². The molecule has 0 bridgehead atoms. The maximum Gasteiger partial charge on any atom is 0.241 e. The van der Waals surface area contributed by atoms with Crippen molar-refractivity contribution in [1.82, 2.24) is 20.2 Å². The van der Waals surface area contributed by atoms with E-state index in [4.69, 9.17) is 5.73 Å². The molecule has 0 aliphatic heterocycles. The Hall–Kier alpha value is -2.02. The van der Waals surface area contributed by atoms with Gasteiger partial charge in [-0.2, -0.15) is 0 Å². The van der Waals surface area contributed by atoms with E-state index >= 15 is 0 Å². The Labute approximate surface area is 119 Å². The first kappa shape index (κ1) is 18.0. The van der Waals surface area contributed by atoms with Crippen molar-refractivity contribution in [2.75, 3.05) is 13.6 Å². The van der Waals surface area contributed by atoms with Crippen LogP contribution in [0.3, 0.4) is 0 Å². The maximum atomic E-state index is 11.2. The Morgan fingerprint density at radius 1 is 1.40 bits per heavy atom. The summed E-state index contributed by atoms with van der Waals surface area (Å²) in [5, 5.41) is 2.50. The van der Waals surface area contributed by atoms with Gasteiger partial charge in [0.05, 0.1) is 5.69 Å². The highest BCUT2D eigenvalue weighted by Crippen LogP contribution is 1.98. The number of nitrogens with two attached hydrogens (primary N) is 1. The predicted octanol–water partition coefficient (Wildman–Crippen LogP) is -0.0754. The lowest BCUT2D eigenvalue weighted by atomic mass is 10.2. The van der Waals surface area contributed by atoms with Crippen molar-refractivity contribution < 1.29 is 9.59 Å². The molecule has 1 unspecified atom stereocenters. The Morgan fingerprint density at radius 2 is 2.05 bits per heavy atom. The van der Waals surface area contributed by atoms with Crippen molar-refractivity contribution in [3.63, 3.8) is 0 Å². The van der Waals surface area contributed by atoms with Gasteiger partial charge in [-0.05, 0) is 7.05 Å². The van der Waals surface area contributed by atoms with Crippen molar-refractivity contribution in [3.05, 3.63) is 24.3 Å². The van der Waals surface area contributed by atoms with Gasteiger partial charge in [-0.1, -0.05) is 13.8 Å². The number of aromatic nitrogens is 2. The van der Waals surface area contributed by atoms with Gasteiger partial charge in [-0.15, -0.1) is 0 Å². The van der Waals surface area contributed by atoms with Crippen LogP contribution in [0.5, 0.6) is 0 Å². The number of nitrogens with one attached hydrogen (secondary N) is 1. The highest BCUT2D eigenvalue weighted by Gasteiger charge is 2.18. The van der Waals surface area contributed by atoms with E-state index in [1.165, 1.54) is 6.92 Å². The van der Waals surface area contributed by atoms with Crippen LogP contribution in [0, 0.1) is 0 Å². The molecule has 0 saturated heterocycles. The highest BCUT2D eigenvalue weighted by atomic mass is 16.2. The van der Waals surface area contributed by atoms with Gasteiger partial charge in [0.15, 0.2) is 0 Å². The van der Waals surface area contributed by atoms with Crippen molar-refractivity contribution in [2.45, 2.75) is 33.4 Å². The summed E-state index contributed by atoms with van der Waals surface area (Å²) in [7, 11) is 1.81. The van der Waals surface area contributed by atoms with Crippen LogP contribution >= 0.6 is 0 Å². The predicted molar refractivity (Wildman–Crippen MR) is 76.5 cm³/mol. The molecular formula is C13H23N5O2. The summed E-state index contributed by atoms with van der Waals surface area (Å²) in [5.74, 6) is -0.845. The molecule has 1 atom stereocenters. The summed E-state index contributed by atoms with van der Waals surface area (Å²) in [5.41, 5.74) is 6.00. The van der Waals surface area contributed by atoms with Gasteiger partial charge in [-0.25, -0.2) is 0 Å². The summed E-state index contributed by atoms with van der Waals surface area (Å²) in [6.45, 7) is 6.20.